The molecule has 4 rings (SSSR count). The second kappa shape index (κ2) is 6.53. The average molecular weight is 354 g/mol. The molecule has 3 amide bonds. The monoisotopic (exact) mass is 354 g/mol. The van der Waals surface area contributed by atoms with Crippen molar-refractivity contribution in [2.75, 3.05) is 11.9 Å². The first-order chi connectivity index (χ1) is 12.5. The molecule has 2 saturated carbocycles. The van der Waals surface area contributed by atoms with Crippen LogP contribution in [-0.4, -0.2) is 29.2 Å². The van der Waals surface area contributed by atoms with Crippen LogP contribution in [0.1, 0.15) is 44.2 Å². The zero-order chi connectivity index (χ0) is 18.4. The molecule has 0 aromatic heterocycles. The van der Waals surface area contributed by atoms with E-state index in [1.807, 2.05) is 18.2 Å². The van der Waals surface area contributed by atoms with Gasteiger partial charge in [0.25, 0.3) is 0 Å². The third-order valence-electron chi connectivity index (χ3n) is 6.58. The molecule has 138 valence electrons. The summed E-state index contributed by atoms with van der Waals surface area (Å²) in [5.74, 6) is -0.159. The van der Waals surface area contributed by atoms with E-state index in [2.05, 4.69) is 19.2 Å². The van der Waals surface area contributed by atoms with Crippen molar-refractivity contribution in [3.63, 3.8) is 0 Å². The second-order valence-electron chi connectivity index (χ2n) is 7.85. The number of carbonyl (C=O) groups is 3. The van der Waals surface area contributed by atoms with Gasteiger partial charge in [0.05, 0.1) is 11.8 Å². The van der Waals surface area contributed by atoms with Gasteiger partial charge in [-0.25, -0.2) is 0 Å². The fraction of sp³-hybridized carbons (Fsp3) is 0.571. The molecule has 1 saturated heterocycles. The van der Waals surface area contributed by atoms with Crippen molar-refractivity contribution < 1.29 is 14.4 Å². The number of para-hydroxylation sites is 1. The molecule has 3 fully saturated rings. The van der Waals surface area contributed by atoms with Crippen LogP contribution in [-0.2, 0) is 27.2 Å². The molecule has 1 aromatic carbocycles. The average Bonchev–Trinajstić information content (AvgIpc) is 3.32. The third kappa shape index (κ3) is 2.56. The molecular formula is C21H26N2O3. The minimum atomic E-state index is -0.283. The normalized spacial score (nSPS) is 29.4. The second-order valence-corrected chi connectivity index (χ2v) is 7.85. The van der Waals surface area contributed by atoms with Crippen LogP contribution >= 0.6 is 0 Å². The maximum Gasteiger partial charge on any atom is 0.244 e. The molecule has 3 aliphatic rings. The van der Waals surface area contributed by atoms with Gasteiger partial charge in [-0.3, -0.25) is 19.3 Å². The molecule has 1 heterocycles. The molecule has 2 aliphatic carbocycles. The summed E-state index contributed by atoms with van der Waals surface area (Å²) in [7, 11) is 0. The summed E-state index contributed by atoms with van der Waals surface area (Å²) < 4.78 is 0. The van der Waals surface area contributed by atoms with Crippen molar-refractivity contribution in [2.45, 2.75) is 46.0 Å². The van der Waals surface area contributed by atoms with Crippen LogP contribution in [0.4, 0.5) is 5.69 Å². The highest BCUT2D eigenvalue weighted by Gasteiger charge is 2.60. The third-order valence-corrected chi connectivity index (χ3v) is 6.58. The molecule has 0 radical (unpaired) electrons. The molecular weight excluding hydrogens is 328 g/mol. The van der Waals surface area contributed by atoms with Crippen LogP contribution in [0, 0.1) is 23.7 Å². The number of nitrogens with zero attached hydrogens (tertiary/aromatic N) is 1. The van der Waals surface area contributed by atoms with E-state index in [0.717, 1.165) is 48.9 Å². The summed E-state index contributed by atoms with van der Waals surface area (Å²) in [5.41, 5.74) is 2.99. The summed E-state index contributed by atoms with van der Waals surface area (Å²) in [6, 6.07) is 6.00. The van der Waals surface area contributed by atoms with Gasteiger partial charge < -0.3 is 5.32 Å². The summed E-state index contributed by atoms with van der Waals surface area (Å²) in [6.07, 6.45) is 4.75. The van der Waals surface area contributed by atoms with Gasteiger partial charge in [-0.15, -0.1) is 0 Å². The number of aryl methyl sites for hydroxylation is 2. The first kappa shape index (κ1) is 17.3. The molecule has 4 unspecified atom stereocenters. The van der Waals surface area contributed by atoms with Crippen molar-refractivity contribution in [1.29, 1.82) is 0 Å². The van der Waals surface area contributed by atoms with Gasteiger partial charge >= 0.3 is 0 Å². The maximum absolute atomic E-state index is 12.7. The Morgan fingerprint density at radius 1 is 1.04 bits per heavy atom. The minimum absolute atomic E-state index is 0.123. The van der Waals surface area contributed by atoms with Gasteiger partial charge in [-0.2, -0.15) is 0 Å². The quantitative estimate of drug-likeness (QED) is 0.827. The van der Waals surface area contributed by atoms with E-state index >= 15 is 0 Å². The highest BCUT2D eigenvalue weighted by atomic mass is 16.2. The van der Waals surface area contributed by atoms with Gasteiger partial charge in [0.15, 0.2) is 0 Å². The molecule has 1 N–H and O–H groups in total. The van der Waals surface area contributed by atoms with Crippen molar-refractivity contribution in [3.05, 3.63) is 29.3 Å². The van der Waals surface area contributed by atoms with E-state index < -0.39 is 0 Å². The van der Waals surface area contributed by atoms with Crippen LogP contribution < -0.4 is 5.32 Å². The number of likely N-dealkylation sites (tertiary alicyclic amines) is 1. The lowest BCUT2D eigenvalue weighted by atomic mass is 9.81. The van der Waals surface area contributed by atoms with Crippen LogP contribution in [0.2, 0.25) is 0 Å². The number of benzene rings is 1. The number of hydrogen-bond donors (Lipinski definition) is 1. The van der Waals surface area contributed by atoms with E-state index in [-0.39, 0.29) is 36.1 Å². The highest BCUT2D eigenvalue weighted by Crippen LogP contribution is 2.56. The van der Waals surface area contributed by atoms with E-state index in [0.29, 0.717) is 11.8 Å². The maximum atomic E-state index is 12.7. The Bertz CT molecular complexity index is 722. The van der Waals surface area contributed by atoms with Crippen LogP contribution in [0.5, 0.6) is 0 Å². The van der Waals surface area contributed by atoms with Crippen molar-refractivity contribution in [3.8, 4) is 0 Å². The lowest BCUT2D eigenvalue weighted by molar-refractivity contribution is -0.143. The van der Waals surface area contributed by atoms with Gasteiger partial charge in [-0.1, -0.05) is 32.0 Å². The number of rotatable bonds is 5. The van der Waals surface area contributed by atoms with Crippen LogP contribution in [0.25, 0.3) is 0 Å². The van der Waals surface area contributed by atoms with Crippen molar-refractivity contribution in [1.82, 2.24) is 4.90 Å². The molecule has 4 atom stereocenters. The number of nitrogens with one attached hydrogen (secondary N) is 1. The lowest BCUT2D eigenvalue weighted by Crippen LogP contribution is -2.39. The standard InChI is InChI=1S/C21H26N2O3/c1-3-12-6-5-7-13(4-2)19(12)22-16(24)11-23-20(25)17-14-8-9-15(10-14)18(17)21(23)26/h5-7,14-15,17-18H,3-4,8-11H2,1-2H3,(H,22,24). The first-order valence-corrected chi connectivity index (χ1v) is 9.81. The molecule has 5 heteroatoms. The SMILES string of the molecule is CCc1cccc(CC)c1NC(=O)CN1C(=O)C2C3CCC(C3)C2C1=O. The predicted octanol–water partition coefficient (Wildman–Crippen LogP) is 2.78. The summed E-state index contributed by atoms with van der Waals surface area (Å²) in [6.45, 7) is 3.94. The minimum Gasteiger partial charge on any atom is -0.324 e. The van der Waals surface area contributed by atoms with Gasteiger partial charge in [0.1, 0.15) is 6.54 Å². The Balaban J connectivity index is 1.50. The predicted molar refractivity (Wildman–Crippen MR) is 98.4 cm³/mol. The first-order valence-electron chi connectivity index (χ1n) is 9.81. The number of fused-ring (bicyclic) bond motifs is 5. The van der Waals surface area contributed by atoms with Gasteiger partial charge in [-0.05, 0) is 55.1 Å². The number of amides is 3. The van der Waals surface area contributed by atoms with Crippen LogP contribution in [0.3, 0.4) is 0 Å². The molecule has 1 aliphatic heterocycles. The Morgan fingerprint density at radius 2 is 1.58 bits per heavy atom. The summed E-state index contributed by atoms with van der Waals surface area (Å²) in [5, 5.41) is 2.97. The topological polar surface area (TPSA) is 66.5 Å². The van der Waals surface area contributed by atoms with E-state index in [1.165, 1.54) is 4.90 Å². The fourth-order valence-electron chi connectivity index (χ4n) is 5.35. The number of anilines is 1. The zero-order valence-corrected chi connectivity index (χ0v) is 15.5. The molecule has 26 heavy (non-hydrogen) atoms. The molecule has 5 nitrogen and oxygen atoms in total. The van der Waals surface area contributed by atoms with Gasteiger partial charge in [0.2, 0.25) is 17.7 Å². The number of imide groups is 1. The smallest absolute Gasteiger partial charge is 0.244 e. The number of carbonyl (C=O) groups excluding carboxylic acids is 3. The fourth-order valence-corrected chi connectivity index (χ4v) is 5.35. The Morgan fingerprint density at radius 3 is 2.08 bits per heavy atom. The molecule has 1 aromatic rings. The largest absolute Gasteiger partial charge is 0.324 e. The summed E-state index contributed by atoms with van der Waals surface area (Å²) >= 11 is 0. The highest BCUT2D eigenvalue weighted by molar-refractivity contribution is 6.09. The number of hydrogen-bond acceptors (Lipinski definition) is 3. The molecule has 0 spiro atoms. The zero-order valence-electron chi connectivity index (χ0n) is 15.5. The van der Waals surface area contributed by atoms with E-state index in [1.54, 1.807) is 0 Å². The molecule has 2 bridgehead atoms. The van der Waals surface area contributed by atoms with Gasteiger partial charge in [0, 0.05) is 5.69 Å². The summed E-state index contributed by atoms with van der Waals surface area (Å²) in [4.78, 5) is 39.3. The van der Waals surface area contributed by atoms with Crippen molar-refractivity contribution in [2.24, 2.45) is 23.7 Å². The Hall–Kier alpha value is -2.17. The Labute approximate surface area is 154 Å². The van der Waals surface area contributed by atoms with E-state index in [4.69, 9.17) is 0 Å². The van der Waals surface area contributed by atoms with Crippen LogP contribution in [0.15, 0.2) is 18.2 Å². The van der Waals surface area contributed by atoms with Crippen molar-refractivity contribution >= 4 is 23.4 Å². The Kier molecular flexibility index (Phi) is 4.33. The van der Waals surface area contributed by atoms with E-state index in [9.17, 15) is 14.4 Å². The lowest BCUT2D eigenvalue weighted by Gasteiger charge is -2.19.